The fourth-order valence-electron chi connectivity index (χ4n) is 2.90. The molecular formula is C15H18N4O2S. The molecular weight excluding hydrogens is 300 g/mol. The fraction of sp³-hybridized carbons (Fsp3) is 0.467. The summed E-state index contributed by atoms with van der Waals surface area (Å²) in [6, 6.07) is 6.41. The van der Waals surface area contributed by atoms with Crippen molar-refractivity contribution in [1.82, 2.24) is 15.1 Å². The highest BCUT2D eigenvalue weighted by atomic mass is 32.1. The number of rotatable bonds is 3. The molecule has 0 spiro atoms. The van der Waals surface area contributed by atoms with Gasteiger partial charge in [-0.2, -0.15) is 0 Å². The van der Waals surface area contributed by atoms with Gasteiger partial charge in [-0.1, -0.05) is 17.4 Å². The molecule has 3 heterocycles. The summed E-state index contributed by atoms with van der Waals surface area (Å²) in [7, 11) is 0. The fourth-order valence-corrected chi connectivity index (χ4v) is 3.52. The molecule has 0 amide bonds. The molecule has 22 heavy (non-hydrogen) atoms. The first kappa shape index (κ1) is 13.9. The highest BCUT2D eigenvalue weighted by Crippen LogP contribution is 2.25. The molecule has 0 radical (unpaired) electrons. The SMILES string of the molecule is c1nnc(N2CCN(Cc3ccc4c(c3)COCO4)CC2)s1. The molecule has 1 aromatic carbocycles. The maximum Gasteiger partial charge on any atom is 0.208 e. The smallest absolute Gasteiger partial charge is 0.208 e. The number of fused-ring (bicyclic) bond motifs is 1. The Balaban J connectivity index is 1.36. The Kier molecular flexibility index (Phi) is 3.92. The zero-order valence-corrected chi connectivity index (χ0v) is 13.1. The first-order valence-corrected chi connectivity index (χ1v) is 8.32. The molecule has 0 bridgehead atoms. The number of piperazine rings is 1. The molecule has 0 saturated carbocycles. The highest BCUT2D eigenvalue weighted by molar-refractivity contribution is 7.13. The van der Waals surface area contributed by atoms with E-state index in [1.54, 1.807) is 16.8 Å². The summed E-state index contributed by atoms with van der Waals surface area (Å²) in [6.07, 6.45) is 0. The monoisotopic (exact) mass is 318 g/mol. The molecule has 1 saturated heterocycles. The second-order valence-electron chi connectivity index (χ2n) is 5.54. The summed E-state index contributed by atoms with van der Waals surface area (Å²) < 4.78 is 10.8. The van der Waals surface area contributed by atoms with Crippen LogP contribution in [0.4, 0.5) is 5.13 Å². The van der Waals surface area contributed by atoms with E-state index in [-0.39, 0.29) is 0 Å². The Morgan fingerprint density at radius 3 is 2.91 bits per heavy atom. The zero-order chi connectivity index (χ0) is 14.8. The standard InChI is InChI=1S/C15H18N4O2S/c1-2-14-13(9-20-11-21-14)7-12(1)8-18-3-5-19(6-4-18)15-17-16-10-22-15/h1-2,7,10H,3-6,8-9,11H2. The topological polar surface area (TPSA) is 50.7 Å². The number of anilines is 1. The largest absolute Gasteiger partial charge is 0.467 e. The Morgan fingerprint density at radius 2 is 2.09 bits per heavy atom. The molecule has 0 unspecified atom stereocenters. The van der Waals surface area contributed by atoms with Gasteiger partial charge in [0.1, 0.15) is 11.3 Å². The van der Waals surface area contributed by atoms with Crippen LogP contribution >= 0.6 is 11.3 Å². The second-order valence-corrected chi connectivity index (χ2v) is 6.35. The molecule has 0 aliphatic carbocycles. The quantitative estimate of drug-likeness (QED) is 0.859. The lowest BCUT2D eigenvalue weighted by atomic mass is 10.1. The van der Waals surface area contributed by atoms with E-state index in [1.165, 1.54) is 5.56 Å². The van der Waals surface area contributed by atoms with Crippen molar-refractivity contribution >= 4 is 16.5 Å². The van der Waals surface area contributed by atoms with Crippen LogP contribution in [0.3, 0.4) is 0 Å². The van der Waals surface area contributed by atoms with E-state index in [4.69, 9.17) is 9.47 Å². The van der Waals surface area contributed by atoms with Gasteiger partial charge in [0.15, 0.2) is 6.79 Å². The van der Waals surface area contributed by atoms with Crippen LogP contribution in [0.5, 0.6) is 5.75 Å². The van der Waals surface area contributed by atoms with Crippen molar-refractivity contribution in [3.05, 3.63) is 34.8 Å². The number of hydrogen-bond donors (Lipinski definition) is 0. The highest BCUT2D eigenvalue weighted by Gasteiger charge is 2.19. The van der Waals surface area contributed by atoms with Crippen molar-refractivity contribution in [3.63, 3.8) is 0 Å². The molecule has 0 N–H and O–H groups in total. The summed E-state index contributed by atoms with van der Waals surface area (Å²) in [5.41, 5.74) is 4.26. The first-order chi connectivity index (χ1) is 10.9. The van der Waals surface area contributed by atoms with Gasteiger partial charge in [0.25, 0.3) is 0 Å². The van der Waals surface area contributed by atoms with Crippen molar-refractivity contribution in [1.29, 1.82) is 0 Å². The minimum Gasteiger partial charge on any atom is -0.467 e. The molecule has 7 heteroatoms. The zero-order valence-electron chi connectivity index (χ0n) is 12.3. The van der Waals surface area contributed by atoms with Crippen molar-refractivity contribution in [2.45, 2.75) is 13.2 Å². The first-order valence-electron chi connectivity index (χ1n) is 7.44. The number of ether oxygens (including phenoxy) is 2. The summed E-state index contributed by atoms with van der Waals surface area (Å²) in [6.45, 7) is 6.08. The van der Waals surface area contributed by atoms with Crippen molar-refractivity contribution in [2.24, 2.45) is 0 Å². The van der Waals surface area contributed by atoms with E-state index >= 15 is 0 Å². The molecule has 6 nitrogen and oxygen atoms in total. The van der Waals surface area contributed by atoms with E-state index in [2.05, 4.69) is 38.2 Å². The molecule has 1 fully saturated rings. The summed E-state index contributed by atoms with van der Waals surface area (Å²) >= 11 is 1.61. The van der Waals surface area contributed by atoms with Crippen LogP contribution in [0.25, 0.3) is 0 Å². The Bertz CT molecular complexity index is 626. The van der Waals surface area contributed by atoms with Crippen molar-refractivity contribution < 1.29 is 9.47 Å². The molecule has 0 atom stereocenters. The average Bonchev–Trinajstić information content (AvgIpc) is 3.10. The third-order valence-electron chi connectivity index (χ3n) is 4.08. The Morgan fingerprint density at radius 1 is 1.18 bits per heavy atom. The third kappa shape index (κ3) is 2.92. The van der Waals surface area contributed by atoms with Gasteiger partial charge in [0.05, 0.1) is 6.61 Å². The van der Waals surface area contributed by atoms with Crippen LogP contribution in [0, 0.1) is 0 Å². The Labute approximate surface area is 133 Å². The molecule has 2 aromatic rings. The van der Waals surface area contributed by atoms with Gasteiger partial charge in [-0.3, -0.25) is 4.90 Å². The average molecular weight is 318 g/mol. The maximum absolute atomic E-state index is 5.47. The second kappa shape index (κ2) is 6.20. The lowest BCUT2D eigenvalue weighted by molar-refractivity contribution is -0.0164. The predicted octanol–water partition coefficient (Wildman–Crippen LogP) is 1.73. The van der Waals surface area contributed by atoms with E-state index in [0.717, 1.165) is 49.2 Å². The van der Waals surface area contributed by atoms with Gasteiger partial charge in [0.2, 0.25) is 5.13 Å². The normalized spacial score (nSPS) is 18.8. The minimum atomic E-state index is 0.361. The number of aromatic nitrogens is 2. The third-order valence-corrected chi connectivity index (χ3v) is 4.83. The summed E-state index contributed by atoms with van der Waals surface area (Å²) in [5.74, 6) is 0.955. The molecule has 1 aromatic heterocycles. The van der Waals surface area contributed by atoms with Crippen LogP contribution in [0.2, 0.25) is 0 Å². The van der Waals surface area contributed by atoms with Crippen LogP contribution in [-0.2, 0) is 17.9 Å². The maximum atomic E-state index is 5.47. The van der Waals surface area contributed by atoms with Gasteiger partial charge in [-0.15, -0.1) is 10.2 Å². The molecule has 116 valence electrons. The van der Waals surface area contributed by atoms with Crippen LogP contribution in [0.15, 0.2) is 23.7 Å². The van der Waals surface area contributed by atoms with Gasteiger partial charge in [0, 0.05) is 38.3 Å². The van der Waals surface area contributed by atoms with Crippen LogP contribution in [-0.4, -0.2) is 48.1 Å². The number of benzene rings is 1. The summed E-state index contributed by atoms with van der Waals surface area (Å²) in [4.78, 5) is 4.78. The van der Waals surface area contributed by atoms with E-state index in [0.29, 0.717) is 13.4 Å². The number of hydrogen-bond acceptors (Lipinski definition) is 7. The van der Waals surface area contributed by atoms with E-state index in [9.17, 15) is 0 Å². The van der Waals surface area contributed by atoms with Crippen molar-refractivity contribution in [2.75, 3.05) is 37.9 Å². The van der Waals surface area contributed by atoms with E-state index < -0.39 is 0 Å². The van der Waals surface area contributed by atoms with Crippen molar-refractivity contribution in [3.8, 4) is 5.75 Å². The van der Waals surface area contributed by atoms with Gasteiger partial charge in [-0.05, 0) is 17.7 Å². The molecule has 4 rings (SSSR count). The summed E-state index contributed by atoms with van der Waals surface area (Å²) in [5, 5.41) is 9.09. The molecule has 2 aliphatic heterocycles. The van der Waals surface area contributed by atoms with Crippen LogP contribution in [0.1, 0.15) is 11.1 Å². The lowest BCUT2D eigenvalue weighted by Crippen LogP contribution is -2.45. The Hall–Kier alpha value is -1.70. The molecule has 2 aliphatic rings. The van der Waals surface area contributed by atoms with Gasteiger partial charge in [-0.25, -0.2) is 0 Å². The van der Waals surface area contributed by atoms with Gasteiger partial charge < -0.3 is 14.4 Å². The van der Waals surface area contributed by atoms with Crippen LogP contribution < -0.4 is 9.64 Å². The number of nitrogens with zero attached hydrogens (tertiary/aromatic N) is 4. The van der Waals surface area contributed by atoms with E-state index in [1.807, 2.05) is 0 Å². The lowest BCUT2D eigenvalue weighted by Gasteiger charge is -2.34. The van der Waals surface area contributed by atoms with Gasteiger partial charge >= 0.3 is 0 Å². The predicted molar refractivity (Wildman–Crippen MR) is 84.1 cm³/mol. The minimum absolute atomic E-state index is 0.361.